The zero-order valence-corrected chi connectivity index (χ0v) is 14.9. The summed E-state index contributed by atoms with van der Waals surface area (Å²) >= 11 is 0. The highest BCUT2D eigenvalue weighted by atomic mass is 16.5. The molecule has 1 aliphatic carbocycles. The third-order valence-corrected chi connectivity index (χ3v) is 5.45. The number of benzene rings is 1. The molecule has 25 heavy (non-hydrogen) atoms. The maximum Gasteiger partial charge on any atom is 0.160 e. The Bertz CT molecular complexity index is 581. The van der Waals surface area contributed by atoms with Gasteiger partial charge in [0, 0.05) is 19.1 Å². The molecule has 1 aromatic carbocycles. The quantitative estimate of drug-likeness (QED) is 0.767. The number of hydrogen-bond acceptors (Lipinski definition) is 6. The van der Waals surface area contributed by atoms with Gasteiger partial charge in [0.15, 0.2) is 11.5 Å². The number of nitrogens with zero attached hydrogens (tertiary/aromatic N) is 2. The molecule has 0 amide bonds. The van der Waals surface area contributed by atoms with Crippen LogP contribution in [-0.4, -0.2) is 55.0 Å². The largest absolute Gasteiger partial charge is 0.504 e. The Kier molecular flexibility index (Phi) is 6.26. The highest BCUT2D eigenvalue weighted by Gasteiger charge is 2.35. The Labute approximate surface area is 149 Å². The molecule has 3 rings (SSSR count). The Morgan fingerprint density at radius 1 is 1.28 bits per heavy atom. The van der Waals surface area contributed by atoms with E-state index in [1.807, 2.05) is 6.07 Å². The second-order valence-corrected chi connectivity index (χ2v) is 7.06. The lowest BCUT2D eigenvalue weighted by Gasteiger charge is -2.37. The molecule has 0 bridgehead atoms. The van der Waals surface area contributed by atoms with Crippen LogP contribution in [0.25, 0.3) is 0 Å². The van der Waals surface area contributed by atoms with Crippen LogP contribution in [0.2, 0.25) is 0 Å². The molecule has 138 valence electrons. The van der Waals surface area contributed by atoms with Crippen LogP contribution in [0.3, 0.4) is 0 Å². The summed E-state index contributed by atoms with van der Waals surface area (Å²) in [5, 5.41) is 13.1. The summed E-state index contributed by atoms with van der Waals surface area (Å²) in [6, 6.07) is 5.84. The molecule has 0 spiro atoms. The molecule has 2 aliphatic rings. The molecular weight excluding hydrogens is 320 g/mol. The van der Waals surface area contributed by atoms with E-state index < -0.39 is 0 Å². The number of phenols is 1. The molecular formula is C19H28N2O4. The molecule has 0 unspecified atom stereocenters. The van der Waals surface area contributed by atoms with Gasteiger partial charge in [-0.3, -0.25) is 4.90 Å². The fourth-order valence-electron chi connectivity index (χ4n) is 4.06. The number of likely N-dealkylation sites (tertiary alicyclic amines) is 1. The van der Waals surface area contributed by atoms with E-state index >= 15 is 0 Å². The zero-order valence-electron chi connectivity index (χ0n) is 14.9. The maximum atomic E-state index is 10.8. The minimum atomic E-state index is -0.0511. The van der Waals surface area contributed by atoms with Crippen molar-refractivity contribution in [3.63, 3.8) is 0 Å². The molecule has 3 atom stereocenters. The van der Waals surface area contributed by atoms with Gasteiger partial charge in [0.25, 0.3) is 0 Å². The van der Waals surface area contributed by atoms with E-state index in [4.69, 9.17) is 9.47 Å². The van der Waals surface area contributed by atoms with Crippen LogP contribution in [-0.2, 0) is 11.2 Å². The van der Waals surface area contributed by atoms with Gasteiger partial charge in [-0.2, -0.15) is 4.91 Å². The van der Waals surface area contributed by atoms with Crippen LogP contribution in [0.1, 0.15) is 37.7 Å². The van der Waals surface area contributed by atoms with Gasteiger partial charge >= 0.3 is 0 Å². The van der Waals surface area contributed by atoms with E-state index in [-0.39, 0.29) is 17.9 Å². The summed E-state index contributed by atoms with van der Waals surface area (Å²) in [5.41, 5.74) is 1.04. The van der Waals surface area contributed by atoms with Crippen molar-refractivity contribution in [3.05, 3.63) is 28.7 Å². The van der Waals surface area contributed by atoms with Crippen molar-refractivity contribution in [2.24, 2.45) is 5.18 Å². The lowest BCUT2D eigenvalue weighted by atomic mass is 9.91. The molecule has 1 saturated carbocycles. The Morgan fingerprint density at radius 3 is 2.84 bits per heavy atom. The summed E-state index contributed by atoms with van der Waals surface area (Å²) in [4.78, 5) is 13.2. The van der Waals surface area contributed by atoms with Gasteiger partial charge in [-0.1, -0.05) is 24.1 Å². The van der Waals surface area contributed by atoms with Crippen LogP contribution in [0.5, 0.6) is 11.5 Å². The second kappa shape index (κ2) is 8.63. The predicted molar refractivity (Wildman–Crippen MR) is 96.1 cm³/mol. The van der Waals surface area contributed by atoms with Gasteiger partial charge in [-0.15, -0.1) is 0 Å². The fourth-order valence-corrected chi connectivity index (χ4v) is 4.06. The molecule has 0 aromatic heterocycles. The van der Waals surface area contributed by atoms with Gasteiger partial charge in [-0.05, 0) is 43.4 Å². The molecule has 0 radical (unpaired) electrons. The number of hydrogen-bond donors (Lipinski definition) is 1. The zero-order chi connectivity index (χ0) is 17.6. The average Bonchev–Trinajstić information content (AvgIpc) is 3.11. The number of nitroso groups, excluding NO2 is 1. The Hall–Kier alpha value is -1.66. The number of methoxy groups -OCH3 is 1. The third kappa shape index (κ3) is 4.50. The molecule has 6 heteroatoms. The minimum absolute atomic E-state index is 0.0511. The summed E-state index contributed by atoms with van der Waals surface area (Å²) in [6.45, 7) is 2.36. The van der Waals surface area contributed by atoms with Crippen LogP contribution < -0.4 is 4.74 Å². The number of rotatable bonds is 7. The van der Waals surface area contributed by atoms with Crippen molar-refractivity contribution in [2.45, 2.75) is 56.7 Å². The summed E-state index contributed by atoms with van der Waals surface area (Å²) < 4.78 is 11.3. The van der Waals surface area contributed by atoms with Crippen LogP contribution >= 0.6 is 0 Å². The summed E-state index contributed by atoms with van der Waals surface area (Å²) in [6.07, 6.45) is 6.51. The van der Waals surface area contributed by atoms with Crippen molar-refractivity contribution in [1.82, 2.24) is 4.90 Å². The topological polar surface area (TPSA) is 71.4 Å². The average molecular weight is 348 g/mol. The van der Waals surface area contributed by atoms with Crippen molar-refractivity contribution in [2.75, 3.05) is 26.8 Å². The number of ether oxygens (including phenoxy) is 2. The van der Waals surface area contributed by atoms with Crippen LogP contribution in [0.15, 0.2) is 23.4 Å². The monoisotopic (exact) mass is 348 g/mol. The summed E-state index contributed by atoms with van der Waals surface area (Å²) in [5.74, 6) is 0.657. The van der Waals surface area contributed by atoms with Crippen molar-refractivity contribution in [1.29, 1.82) is 0 Å². The third-order valence-electron chi connectivity index (χ3n) is 5.45. The second-order valence-electron chi connectivity index (χ2n) is 7.06. The molecule has 1 N–H and O–H groups in total. The summed E-state index contributed by atoms with van der Waals surface area (Å²) in [7, 11) is 1.55. The normalized spacial score (nSPS) is 27.3. The first-order chi connectivity index (χ1) is 12.2. The first-order valence-corrected chi connectivity index (χ1v) is 9.25. The highest BCUT2D eigenvalue weighted by molar-refractivity contribution is 5.41. The van der Waals surface area contributed by atoms with Gasteiger partial charge in [-0.25, -0.2) is 0 Å². The van der Waals surface area contributed by atoms with E-state index in [9.17, 15) is 10.0 Å². The van der Waals surface area contributed by atoms with E-state index in [2.05, 4.69) is 10.1 Å². The Balaban J connectivity index is 1.52. The highest BCUT2D eigenvalue weighted by Crippen LogP contribution is 2.30. The van der Waals surface area contributed by atoms with E-state index in [1.54, 1.807) is 19.2 Å². The molecule has 6 nitrogen and oxygen atoms in total. The molecule has 2 fully saturated rings. The fraction of sp³-hybridized carbons (Fsp3) is 0.684. The first-order valence-electron chi connectivity index (χ1n) is 9.25. The maximum absolute atomic E-state index is 10.8. The lowest BCUT2D eigenvalue weighted by molar-refractivity contribution is -0.0293. The minimum Gasteiger partial charge on any atom is -0.504 e. The van der Waals surface area contributed by atoms with Gasteiger partial charge < -0.3 is 14.6 Å². The smallest absolute Gasteiger partial charge is 0.160 e. The van der Waals surface area contributed by atoms with Crippen LogP contribution in [0, 0.1) is 4.91 Å². The number of phenolic OH excluding ortho intramolecular Hbond substituents is 1. The molecule has 1 heterocycles. The molecule has 1 aromatic rings. The van der Waals surface area contributed by atoms with Crippen molar-refractivity contribution < 1.29 is 14.6 Å². The lowest BCUT2D eigenvalue weighted by Crippen LogP contribution is -2.46. The van der Waals surface area contributed by atoms with Gasteiger partial charge in [0.1, 0.15) is 6.04 Å². The Morgan fingerprint density at radius 2 is 2.12 bits per heavy atom. The van der Waals surface area contributed by atoms with Crippen molar-refractivity contribution in [3.8, 4) is 11.5 Å². The van der Waals surface area contributed by atoms with Crippen molar-refractivity contribution >= 4 is 0 Å². The predicted octanol–water partition coefficient (Wildman–Crippen LogP) is 3.11. The van der Waals surface area contributed by atoms with E-state index in [1.165, 1.54) is 12.8 Å². The number of aromatic hydroxyl groups is 1. The van der Waals surface area contributed by atoms with E-state index in [0.29, 0.717) is 18.4 Å². The van der Waals surface area contributed by atoms with E-state index in [0.717, 1.165) is 44.3 Å². The SMILES string of the molecule is COc1ccc(CCO[C@@H]2CCCC[C@@H]2N2CC[C@H](N=O)C2)cc1O. The molecule has 1 aliphatic heterocycles. The standard InChI is InChI=1S/C19H28N2O4/c1-24-19-7-6-14(12-17(19)22)9-11-25-18-5-3-2-4-16(18)21-10-8-15(13-21)20-23/h6-7,12,15-16,18,22H,2-5,8-11,13H2,1H3/t15-,16-,18+/m0/s1. The first kappa shape index (κ1) is 18.1. The van der Waals surface area contributed by atoms with Gasteiger partial charge in [0.2, 0.25) is 0 Å². The van der Waals surface area contributed by atoms with Crippen LogP contribution in [0.4, 0.5) is 0 Å². The van der Waals surface area contributed by atoms with Gasteiger partial charge in [0.05, 0.1) is 19.8 Å². The molecule has 1 saturated heterocycles.